The van der Waals surface area contributed by atoms with Gasteiger partial charge in [-0.2, -0.15) is 0 Å². The standard InChI is InChI=1S/C20H26N2O3S/c1-5-7-16(3)21-20(23)17-8-6-9-19(14-17)26(24,25)22(4)18-12-10-15(2)11-13-18/h6,8-14,16H,5,7H2,1-4H3,(H,21,23). The highest BCUT2D eigenvalue weighted by atomic mass is 32.2. The molecule has 26 heavy (non-hydrogen) atoms. The molecule has 1 N–H and O–H groups in total. The fraction of sp³-hybridized carbons (Fsp3) is 0.350. The molecule has 0 radical (unpaired) electrons. The number of carbonyl (C=O) groups excluding carboxylic acids is 1. The van der Waals surface area contributed by atoms with E-state index in [1.54, 1.807) is 24.3 Å². The van der Waals surface area contributed by atoms with Crippen molar-refractivity contribution in [1.29, 1.82) is 0 Å². The Bertz CT molecular complexity index is 861. The quantitative estimate of drug-likeness (QED) is 0.803. The van der Waals surface area contributed by atoms with Crippen LogP contribution in [0.4, 0.5) is 5.69 Å². The number of amides is 1. The summed E-state index contributed by atoms with van der Waals surface area (Å²) in [5.41, 5.74) is 1.97. The van der Waals surface area contributed by atoms with Gasteiger partial charge in [0, 0.05) is 18.7 Å². The molecule has 0 bridgehead atoms. The summed E-state index contributed by atoms with van der Waals surface area (Å²) in [6.07, 6.45) is 1.84. The van der Waals surface area contributed by atoms with Crippen LogP contribution >= 0.6 is 0 Å². The van der Waals surface area contributed by atoms with Crippen molar-refractivity contribution < 1.29 is 13.2 Å². The van der Waals surface area contributed by atoms with Gasteiger partial charge in [0.1, 0.15) is 0 Å². The molecule has 6 heteroatoms. The third-order valence-corrected chi connectivity index (χ3v) is 6.03. The number of sulfonamides is 1. The van der Waals surface area contributed by atoms with Crippen LogP contribution in [0.2, 0.25) is 0 Å². The maximum atomic E-state index is 12.9. The van der Waals surface area contributed by atoms with Crippen molar-refractivity contribution in [2.24, 2.45) is 0 Å². The van der Waals surface area contributed by atoms with E-state index in [1.165, 1.54) is 23.5 Å². The van der Waals surface area contributed by atoms with Crippen molar-refractivity contribution in [3.8, 4) is 0 Å². The van der Waals surface area contributed by atoms with Crippen LogP contribution in [0.5, 0.6) is 0 Å². The molecule has 0 spiro atoms. The van der Waals surface area contributed by atoms with Crippen LogP contribution in [0, 0.1) is 6.92 Å². The first-order valence-electron chi connectivity index (χ1n) is 8.72. The Morgan fingerprint density at radius 2 is 1.81 bits per heavy atom. The van der Waals surface area contributed by atoms with Gasteiger partial charge in [0.05, 0.1) is 10.6 Å². The van der Waals surface area contributed by atoms with Gasteiger partial charge in [-0.15, -0.1) is 0 Å². The molecule has 0 fully saturated rings. The Hall–Kier alpha value is -2.34. The SMILES string of the molecule is CCCC(C)NC(=O)c1cccc(S(=O)(=O)N(C)c2ccc(C)cc2)c1. The predicted octanol–water partition coefficient (Wildman–Crippen LogP) is 3.74. The molecule has 0 heterocycles. The third-order valence-electron chi connectivity index (χ3n) is 4.25. The van der Waals surface area contributed by atoms with Crippen molar-refractivity contribution in [3.05, 3.63) is 59.7 Å². The van der Waals surface area contributed by atoms with E-state index < -0.39 is 10.0 Å². The zero-order valence-corrected chi connectivity index (χ0v) is 16.5. The monoisotopic (exact) mass is 374 g/mol. The van der Waals surface area contributed by atoms with Crippen LogP contribution in [0.3, 0.4) is 0 Å². The summed E-state index contributed by atoms with van der Waals surface area (Å²) in [5.74, 6) is -0.263. The highest BCUT2D eigenvalue weighted by molar-refractivity contribution is 7.92. The van der Waals surface area contributed by atoms with Crippen molar-refractivity contribution in [3.63, 3.8) is 0 Å². The number of hydrogen-bond donors (Lipinski definition) is 1. The summed E-state index contributed by atoms with van der Waals surface area (Å²) < 4.78 is 27.0. The van der Waals surface area contributed by atoms with Crippen LogP contribution in [0.15, 0.2) is 53.4 Å². The molecule has 1 unspecified atom stereocenters. The van der Waals surface area contributed by atoms with Gasteiger partial charge in [-0.05, 0) is 50.6 Å². The van der Waals surface area contributed by atoms with Crippen LogP contribution in [-0.2, 0) is 10.0 Å². The number of benzene rings is 2. The van der Waals surface area contributed by atoms with E-state index in [-0.39, 0.29) is 16.8 Å². The largest absolute Gasteiger partial charge is 0.350 e. The van der Waals surface area contributed by atoms with E-state index in [4.69, 9.17) is 0 Å². The van der Waals surface area contributed by atoms with E-state index in [1.807, 2.05) is 26.0 Å². The summed E-state index contributed by atoms with van der Waals surface area (Å²) in [5, 5.41) is 2.90. The summed E-state index contributed by atoms with van der Waals surface area (Å²) in [6.45, 7) is 5.93. The molecule has 5 nitrogen and oxygen atoms in total. The van der Waals surface area contributed by atoms with Gasteiger partial charge in [-0.25, -0.2) is 8.42 Å². The zero-order valence-electron chi connectivity index (χ0n) is 15.7. The minimum atomic E-state index is -3.75. The first kappa shape index (κ1) is 20.0. The number of aryl methyl sites for hydroxylation is 1. The van der Waals surface area contributed by atoms with Gasteiger partial charge in [0.15, 0.2) is 0 Å². The molecule has 1 amide bonds. The number of nitrogens with zero attached hydrogens (tertiary/aromatic N) is 1. The van der Waals surface area contributed by atoms with Gasteiger partial charge in [-0.3, -0.25) is 9.10 Å². The van der Waals surface area contributed by atoms with Gasteiger partial charge < -0.3 is 5.32 Å². The van der Waals surface area contributed by atoms with Crippen LogP contribution in [-0.4, -0.2) is 27.4 Å². The maximum absolute atomic E-state index is 12.9. The van der Waals surface area contributed by atoms with E-state index >= 15 is 0 Å². The Balaban J connectivity index is 2.27. The lowest BCUT2D eigenvalue weighted by Crippen LogP contribution is -2.32. The highest BCUT2D eigenvalue weighted by Gasteiger charge is 2.22. The van der Waals surface area contributed by atoms with Gasteiger partial charge >= 0.3 is 0 Å². The van der Waals surface area contributed by atoms with E-state index in [0.717, 1.165) is 18.4 Å². The molecule has 2 aromatic rings. The fourth-order valence-corrected chi connectivity index (χ4v) is 3.90. The summed E-state index contributed by atoms with van der Waals surface area (Å²) in [4.78, 5) is 12.5. The lowest BCUT2D eigenvalue weighted by molar-refractivity contribution is 0.0938. The summed E-state index contributed by atoms with van der Waals surface area (Å²) >= 11 is 0. The molecular weight excluding hydrogens is 348 g/mol. The number of anilines is 1. The van der Waals surface area contributed by atoms with Crippen LogP contribution < -0.4 is 9.62 Å². The molecular formula is C20H26N2O3S. The van der Waals surface area contributed by atoms with Crippen LogP contribution in [0.1, 0.15) is 42.6 Å². The second-order valence-corrected chi connectivity index (χ2v) is 8.47. The van der Waals surface area contributed by atoms with Crippen LogP contribution in [0.25, 0.3) is 0 Å². The van der Waals surface area contributed by atoms with Crippen molar-refractivity contribution in [2.75, 3.05) is 11.4 Å². The van der Waals surface area contributed by atoms with Crippen molar-refractivity contribution in [1.82, 2.24) is 5.32 Å². The zero-order chi connectivity index (χ0) is 19.3. The smallest absolute Gasteiger partial charge is 0.264 e. The Kier molecular flexibility index (Phi) is 6.42. The maximum Gasteiger partial charge on any atom is 0.264 e. The van der Waals surface area contributed by atoms with Gasteiger partial charge in [0.25, 0.3) is 15.9 Å². The third kappa shape index (κ3) is 4.64. The normalized spacial score (nSPS) is 12.5. The molecule has 140 valence electrons. The minimum Gasteiger partial charge on any atom is -0.350 e. The molecule has 0 saturated carbocycles. The second kappa shape index (κ2) is 8.36. The van der Waals surface area contributed by atoms with Crippen molar-refractivity contribution >= 4 is 21.6 Å². The number of hydrogen-bond acceptors (Lipinski definition) is 3. The number of carbonyl (C=O) groups is 1. The molecule has 2 aromatic carbocycles. The van der Waals surface area contributed by atoms with Gasteiger partial charge in [-0.1, -0.05) is 37.1 Å². The van der Waals surface area contributed by atoms with E-state index in [2.05, 4.69) is 12.2 Å². The fourth-order valence-electron chi connectivity index (χ4n) is 2.66. The molecule has 1 atom stereocenters. The average Bonchev–Trinajstić information content (AvgIpc) is 2.62. The minimum absolute atomic E-state index is 0.0444. The second-order valence-electron chi connectivity index (χ2n) is 6.50. The molecule has 0 aliphatic rings. The highest BCUT2D eigenvalue weighted by Crippen LogP contribution is 2.23. The lowest BCUT2D eigenvalue weighted by atomic mass is 10.1. The Morgan fingerprint density at radius 3 is 2.42 bits per heavy atom. The topological polar surface area (TPSA) is 66.5 Å². The van der Waals surface area contributed by atoms with Gasteiger partial charge in [0.2, 0.25) is 0 Å². The van der Waals surface area contributed by atoms with E-state index in [0.29, 0.717) is 11.3 Å². The predicted molar refractivity (Wildman–Crippen MR) is 105 cm³/mol. The Morgan fingerprint density at radius 1 is 1.15 bits per heavy atom. The lowest BCUT2D eigenvalue weighted by Gasteiger charge is -2.20. The average molecular weight is 375 g/mol. The summed E-state index contributed by atoms with van der Waals surface area (Å²) in [6, 6.07) is 13.4. The first-order chi connectivity index (χ1) is 12.3. The van der Waals surface area contributed by atoms with Crippen molar-refractivity contribution in [2.45, 2.75) is 44.6 Å². The number of rotatable bonds is 7. The Labute approximate surface area is 156 Å². The first-order valence-corrected chi connectivity index (χ1v) is 10.2. The molecule has 2 rings (SSSR count). The molecule has 0 aromatic heterocycles. The van der Waals surface area contributed by atoms with E-state index in [9.17, 15) is 13.2 Å². The molecule has 0 saturated heterocycles. The summed E-state index contributed by atoms with van der Waals surface area (Å²) in [7, 11) is -2.24. The molecule has 0 aliphatic carbocycles. The number of nitrogens with one attached hydrogen (secondary N) is 1. The molecule has 0 aliphatic heterocycles.